The first kappa shape index (κ1) is 8.16. The molecule has 1 N–H and O–H groups in total. The fraction of sp³-hybridized carbons (Fsp3) is 0.444. The van der Waals surface area contributed by atoms with Crippen LogP contribution in [0.2, 0.25) is 0 Å². The molecule has 1 amide bonds. The van der Waals surface area contributed by atoms with E-state index in [2.05, 4.69) is 15.3 Å². The highest BCUT2D eigenvalue weighted by atomic mass is 16.1. The third-order valence-electron chi connectivity index (χ3n) is 2.07. The number of nitrogens with one attached hydrogen (secondary N) is 1. The second kappa shape index (κ2) is 3.12. The summed E-state index contributed by atoms with van der Waals surface area (Å²) in [5.41, 5.74) is 1.31. The number of hydrogen-bond acceptors (Lipinski definition) is 3. The Hall–Kier alpha value is -1.45. The van der Waals surface area contributed by atoms with Crippen molar-refractivity contribution in [1.82, 2.24) is 15.3 Å². The lowest BCUT2D eigenvalue weighted by Crippen LogP contribution is -2.26. The van der Waals surface area contributed by atoms with E-state index in [9.17, 15) is 4.79 Å². The van der Waals surface area contributed by atoms with E-state index in [-0.39, 0.29) is 5.91 Å². The summed E-state index contributed by atoms with van der Waals surface area (Å²) in [6, 6.07) is 0.382. The molecule has 4 nitrogen and oxygen atoms in total. The molecule has 1 saturated carbocycles. The van der Waals surface area contributed by atoms with Gasteiger partial charge in [0.25, 0.3) is 5.91 Å². The third-order valence-corrected chi connectivity index (χ3v) is 2.07. The van der Waals surface area contributed by atoms with E-state index in [0.29, 0.717) is 11.6 Å². The number of nitrogens with zero attached hydrogens (tertiary/aromatic N) is 2. The Morgan fingerprint density at radius 2 is 2.38 bits per heavy atom. The lowest BCUT2D eigenvalue weighted by Gasteiger charge is -2.03. The van der Waals surface area contributed by atoms with Crippen molar-refractivity contribution in [2.75, 3.05) is 0 Å². The maximum atomic E-state index is 11.5. The van der Waals surface area contributed by atoms with Crippen molar-refractivity contribution >= 4 is 5.91 Å². The number of aromatic nitrogens is 2. The maximum Gasteiger partial charge on any atom is 0.254 e. The SMILES string of the molecule is Cc1ncncc1C(=O)NC1CC1. The molecule has 1 heterocycles. The predicted molar refractivity (Wildman–Crippen MR) is 47.3 cm³/mol. The highest BCUT2D eigenvalue weighted by molar-refractivity contribution is 5.95. The van der Waals surface area contributed by atoms with Crippen LogP contribution in [0, 0.1) is 6.92 Å². The Kier molecular flexibility index (Phi) is 1.96. The van der Waals surface area contributed by atoms with Crippen LogP contribution < -0.4 is 5.32 Å². The van der Waals surface area contributed by atoms with Crippen LogP contribution >= 0.6 is 0 Å². The molecule has 1 aromatic rings. The molecule has 1 aromatic heterocycles. The molecule has 0 atom stereocenters. The molecule has 0 bridgehead atoms. The van der Waals surface area contributed by atoms with Crippen molar-refractivity contribution in [2.24, 2.45) is 0 Å². The quantitative estimate of drug-likeness (QED) is 0.722. The van der Waals surface area contributed by atoms with Gasteiger partial charge in [-0.25, -0.2) is 9.97 Å². The van der Waals surface area contributed by atoms with Crippen LogP contribution in [0.25, 0.3) is 0 Å². The molecule has 68 valence electrons. The van der Waals surface area contributed by atoms with Gasteiger partial charge in [0.2, 0.25) is 0 Å². The van der Waals surface area contributed by atoms with Crippen LogP contribution in [-0.4, -0.2) is 21.9 Å². The second-order valence-electron chi connectivity index (χ2n) is 3.27. The summed E-state index contributed by atoms with van der Waals surface area (Å²) in [5, 5.41) is 2.89. The molecule has 2 rings (SSSR count). The molecule has 1 aliphatic rings. The monoisotopic (exact) mass is 177 g/mol. The minimum atomic E-state index is -0.0550. The van der Waals surface area contributed by atoms with Gasteiger partial charge in [-0.1, -0.05) is 0 Å². The van der Waals surface area contributed by atoms with Crippen molar-refractivity contribution in [3.05, 3.63) is 23.8 Å². The van der Waals surface area contributed by atoms with Crippen LogP contribution in [0.5, 0.6) is 0 Å². The van der Waals surface area contributed by atoms with Crippen molar-refractivity contribution in [3.8, 4) is 0 Å². The lowest BCUT2D eigenvalue weighted by atomic mass is 10.2. The van der Waals surface area contributed by atoms with E-state index < -0.39 is 0 Å². The average molecular weight is 177 g/mol. The zero-order valence-corrected chi connectivity index (χ0v) is 7.45. The van der Waals surface area contributed by atoms with Gasteiger partial charge in [0.15, 0.2) is 0 Å². The lowest BCUT2D eigenvalue weighted by molar-refractivity contribution is 0.0949. The first-order chi connectivity index (χ1) is 6.27. The third kappa shape index (κ3) is 1.83. The number of rotatable bonds is 2. The van der Waals surface area contributed by atoms with Crippen molar-refractivity contribution in [2.45, 2.75) is 25.8 Å². The molecule has 1 aliphatic carbocycles. The standard InChI is InChI=1S/C9H11N3O/c1-6-8(4-10-5-11-6)9(13)12-7-2-3-7/h4-5,7H,2-3H2,1H3,(H,12,13). The first-order valence-corrected chi connectivity index (χ1v) is 4.35. The van der Waals surface area contributed by atoms with Crippen LogP contribution in [0.4, 0.5) is 0 Å². The number of amides is 1. The van der Waals surface area contributed by atoms with Crippen LogP contribution in [0.1, 0.15) is 28.9 Å². The minimum Gasteiger partial charge on any atom is -0.349 e. The molecule has 0 radical (unpaired) electrons. The van der Waals surface area contributed by atoms with Gasteiger partial charge < -0.3 is 5.32 Å². The number of hydrogen-bond donors (Lipinski definition) is 1. The summed E-state index contributed by atoms with van der Waals surface area (Å²) in [7, 11) is 0. The Morgan fingerprint density at radius 1 is 1.62 bits per heavy atom. The van der Waals surface area contributed by atoms with Crippen LogP contribution in [0.3, 0.4) is 0 Å². The fourth-order valence-electron chi connectivity index (χ4n) is 1.10. The summed E-state index contributed by atoms with van der Waals surface area (Å²) >= 11 is 0. The fourth-order valence-corrected chi connectivity index (χ4v) is 1.10. The molecule has 0 aliphatic heterocycles. The van der Waals surface area contributed by atoms with Gasteiger partial charge in [0.05, 0.1) is 11.3 Å². The van der Waals surface area contributed by atoms with E-state index in [1.54, 1.807) is 6.20 Å². The minimum absolute atomic E-state index is 0.0550. The molecule has 0 unspecified atom stereocenters. The van der Waals surface area contributed by atoms with E-state index in [1.807, 2.05) is 6.92 Å². The molecule has 0 spiro atoms. The van der Waals surface area contributed by atoms with Crippen LogP contribution in [-0.2, 0) is 0 Å². The summed E-state index contributed by atoms with van der Waals surface area (Å²) in [6.45, 7) is 1.81. The molecule has 1 fully saturated rings. The summed E-state index contributed by atoms with van der Waals surface area (Å²) in [6.07, 6.45) is 5.19. The second-order valence-corrected chi connectivity index (χ2v) is 3.27. The topological polar surface area (TPSA) is 54.9 Å². The Bertz CT molecular complexity index is 333. The maximum absolute atomic E-state index is 11.5. The number of carbonyl (C=O) groups is 1. The highest BCUT2D eigenvalue weighted by Crippen LogP contribution is 2.19. The first-order valence-electron chi connectivity index (χ1n) is 4.35. The van der Waals surface area contributed by atoms with Crippen LogP contribution in [0.15, 0.2) is 12.5 Å². The van der Waals surface area contributed by atoms with E-state index in [1.165, 1.54) is 6.33 Å². The van der Waals surface area contributed by atoms with Gasteiger partial charge in [0, 0.05) is 12.2 Å². The molecular formula is C9H11N3O. The van der Waals surface area contributed by atoms with Gasteiger partial charge in [-0.2, -0.15) is 0 Å². The molecule has 13 heavy (non-hydrogen) atoms. The zero-order valence-electron chi connectivity index (χ0n) is 7.45. The van der Waals surface area contributed by atoms with Gasteiger partial charge in [-0.05, 0) is 19.8 Å². The number of carbonyl (C=O) groups excluding carboxylic acids is 1. The van der Waals surface area contributed by atoms with Gasteiger partial charge in [0.1, 0.15) is 6.33 Å². The van der Waals surface area contributed by atoms with Gasteiger partial charge >= 0.3 is 0 Å². The Morgan fingerprint density at radius 3 is 3.00 bits per heavy atom. The van der Waals surface area contributed by atoms with Crippen molar-refractivity contribution in [1.29, 1.82) is 0 Å². The summed E-state index contributed by atoms with van der Waals surface area (Å²) < 4.78 is 0. The average Bonchev–Trinajstić information content (AvgIpc) is 2.89. The highest BCUT2D eigenvalue weighted by Gasteiger charge is 2.24. The van der Waals surface area contributed by atoms with Gasteiger partial charge in [-0.3, -0.25) is 4.79 Å². The number of aryl methyl sites for hydroxylation is 1. The Balaban J connectivity index is 2.13. The molecule has 0 aromatic carbocycles. The van der Waals surface area contributed by atoms with E-state index in [0.717, 1.165) is 18.5 Å². The van der Waals surface area contributed by atoms with Crippen molar-refractivity contribution < 1.29 is 4.79 Å². The predicted octanol–water partition coefficient (Wildman–Crippen LogP) is 0.677. The molecule has 0 saturated heterocycles. The summed E-state index contributed by atoms with van der Waals surface area (Å²) in [4.78, 5) is 19.3. The Labute approximate surface area is 76.4 Å². The zero-order chi connectivity index (χ0) is 9.26. The molecule has 4 heteroatoms. The van der Waals surface area contributed by atoms with Gasteiger partial charge in [-0.15, -0.1) is 0 Å². The van der Waals surface area contributed by atoms with E-state index in [4.69, 9.17) is 0 Å². The smallest absolute Gasteiger partial charge is 0.254 e. The normalized spacial score (nSPS) is 15.5. The largest absolute Gasteiger partial charge is 0.349 e. The van der Waals surface area contributed by atoms with Crippen molar-refractivity contribution in [3.63, 3.8) is 0 Å². The van der Waals surface area contributed by atoms with E-state index >= 15 is 0 Å². The molecular weight excluding hydrogens is 166 g/mol. The summed E-state index contributed by atoms with van der Waals surface area (Å²) in [5.74, 6) is -0.0550.